The first kappa shape index (κ1) is 14.0. The minimum absolute atomic E-state index is 0.154. The lowest BCUT2D eigenvalue weighted by Crippen LogP contribution is -2.46. The summed E-state index contributed by atoms with van der Waals surface area (Å²) in [7, 11) is 0. The van der Waals surface area contributed by atoms with Gasteiger partial charge < -0.3 is 10.6 Å². The molecule has 3 rings (SSSR count). The number of hydrogen-bond donors (Lipinski definition) is 1. The molecule has 0 bridgehead atoms. The van der Waals surface area contributed by atoms with Gasteiger partial charge in [0.2, 0.25) is 0 Å². The van der Waals surface area contributed by atoms with E-state index in [1.807, 2.05) is 11.8 Å². The van der Waals surface area contributed by atoms with Crippen LogP contribution in [0.15, 0.2) is 5.51 Å². The number of carbonyl (C=O) groups excluding carboxylic acids is 1. The summed E-state index contributed by atoms with van der Waals surface area (Å²) in [5.41, 5.74) is 8.56. The number of nitrogens with zero attached hydrogens (tertiary/aromatic N) is 3. The summed E-state index contributed by atoms with van der Waals surface area (Å²) in [6.45, 7) is 5.78. The molecule has 6 heteroatoms. The molecule has 1 aromatic rings. The van der Waals surface area contributed by atoms with E-state index in [4.69, 9.17) is 5.73 Å². The van der Waals surface area contributed by atoms with Gasteiger partial charge in [-0.1, -0.05) is 0 Å². The van der Waals surface area contributed by atoms with Gasteiger partial charge in [-0.25, -0.2) is 4.98 Å². The van der Waals surface area contributed by atoms with Crippen LogP contribution in [0, 0.1) is 6.92 Å². The molecular formula is C14H22N4OS. The van der Waals surface area contributed by atoms with Gasteiger partial charge in [-0.3, -0.25) is 9.69 Å². The molecule has 0 radical (unpaired) electrons. The van der Waals surface area contributed by atoms with Crippen LogP contribution in [-0.4, -0.2) is 59.0 Å². The van der Waals surface area contributed by atoms with Crippen molar-refractivity contribution in [3.05, 3.63) is 16.1 Å². The van der Waals surface area contributed by atoms with Gasteiger partial charge in [0, 0.05) is 25.2 Å². The standard InChI is InChI=1S/C14H22N4OS/c1-10-13(20-9-16-10)14(19)18-7-4-12(8-18)17-5-2-11(15)3-6-17/h9,11-12H,2-8,15H2,1H3. The van der Waals surface area contributed by atoms with Gasteiger partial charge >= 0.3 is 0 Å². The molecule has 0 aliphatic carbocycles. The number of piperidine rings is 1. The van der Waals surface area contributed by atoms with Crippen molar-refractivity contribution >= 4 is 17.2 Å². The molecule has 0 spiro atoms. The number of likely N-dealkylation sites (tertiary alicyclic amines) is 2. The Kier molecular flexibility index (Phi) is 4.05. The molecule has 1 aromatic heterocycles. The van der Waals surface area contributed by atoms with Crippen LogP contribution >= 0.6 is 11.3 Å². The maximum atomic E-state index is 12.5. The number of rotatable bonds is 2. The molecule has 5 nitrogen and oxygen atoms in total. The molecule has 2 fully saturated rings. The molecule has 20 heavy (non-hydrogen) atoms. The van der Waals surface area contributed by atoms with Crippen LogP contribution in [0.5, 0.6) is 0 Å². The summed E-state index contributed by atoms with van der Waals surface area (Å²) in [6, 6.07) is 0.880. The Balaban J connectivity index is 1.59. The molecule has 110 valence electrons. The third-order valence-corrected chi connectivity index (χ3v) is 5.40. The summed E-state index contributed by atoms with van der Waals surface area (Å²) in [5, 5.41) is 0. The fourth-order valence-electron chi connectivity index (χ4n) is 3.16. The highest BCUT2D eigenvalue weighted by Gasteiger charge is 2.33. The van der Waals surface area contributed by atoms with Crippen LogP contribution in [0.3, 0.4) is 0 Å². The molecule has 1 amide bonds. The first-order valence-electron chi connectivity index (χ1n) is 7.34. The molecule has 0 saturated carbocycles. The summed E-state index contributed by atoms with van der Waals surface area (Å²) in [6.07, 6.45) is 3.25. The monoisotopic (exact) mass is 294 g/mol. The fraction of sp³-hybridized carbons (Fsp3) is 0.714. The molecular weight excluding hydrogens is 272 g/mol. The predicted molar refractivity (Wildman–Crippen MR) is 79.9 cm³/mol. The molecule has 1 unspecified atom stereocenters. The highest BCUT2D eigenvalue weighted by Crippen LogP contribution is 2.23. The van der Waals surface area contributed by atoms with E-state index in [2.05, 4.69) is 9.88 Å². The lowest BCUT2D eigenvalue weighted by Gasteiger charge is -2.34. The van der Waals surface area contributed by atoms with Crippen LogP contribution in [0.1, 0.15) is 34.6 Å². The molecule has 2 saturated heterocycles. The fourth-order valence-corrected chi connectivity index (χ4v) is 3.93. The smallest absolute Gasteiger partial charge is 0.265 e. The van der Waals surface area contributed by atoms with E-state index < -0.39 is 0 Å². The predicted octanol–water partition coefficient (Wildman–Crippen LogP) is 1.09. The van der Waals surface area contributed by atoms with Gasteiger partial charge in [0.25, 0.3) is 5.91 Å². The number of carbonyl (C=O) groups is 1. The second kappa shape index (κ2) is 5.79. The van der Waals surface area contributed by atoms with E-state index in [9.17, 15) is 4.79 Å². The summed E-state index contributed by atoms with van der Waals surface area (Å²) in [4.78, 5) is 21.9. The first-order chi connectivity index (χ1) is 9.65. The minimum Gasteiger partial charge on any atom is -0.336 e. The average Bonchev–Trinajstić information content (AvgIpc) is 3.08. The minimum atomic E-state index is 0.154. The third-order valence-electron chi connectivity index (χ3n) is 4.48. The maximum absolute atomic E-state index is 12.5. The van der Waals surface area contributed by atoms with Crippen molar-refractivity contribution in [3.63, 3.8) is 0 Å². The van der Waals surface area contributed by atoms with Crippen LogP contribution in [0.2, 0.25) is 0 Å². The Morgan fingerprint density at radius 3 is 2.75 bits per heavy atom. The Labute approximate surface area is 123 Å². The third kappa shape index (κ3) is 2.73. The summed E-state index contributed by atoms with van der Waals surface area (Å²) in [5.74, 6) is 0.154. The zero-order valence-corrected chi connectivity index (χ0v) is 12.7. The number of nitrogens with two attached hydrogens (primary N) is 1. The average molecular weight is 294 g/mol. The second-order valence-electron chi connectivity index (χ2n) is 5.83. The second-order valence-corrected chi connectivity index (χ2v) is 6.69. The van der Waals surface area contributed by atoms with E-state index >= 15 is 0 Å². The van der Waals surface area contributed by atoms with Crippen molar-refractivity contribution in [1.82, 2.24) is 14.8 Å². The van der Waals surface area contributed by atoms with Gasteiger partial charge in [0.05, 0.1) is 11.2 Å². The molecule has 2 aliphatic rings. The Morgan fingerprint density at radius 1 is 1.35 bits per heavy atom. The molecule has 3 heterocycles. The van der Waals surface area contributed by atoms with Crippen LogP contribution in [0.4, 0.5) is 0 Å². The van der Waals surface area contributed by atoms with Crippen LogP contribution in [-0.2, 0) is 0 Å². The number of hydrogen-bond acceptors (Lipinski definition) is 5. The Hall–Kier alpha value is -0.980. The molecule has 0 aromatic carbocycles. The van der Waals surface area contributed by atoms with Crippen molar-refractivity contribution in [1.29, 1.82) is 0 Å². The topological polar surface area (TPSA) is 62.5 Å². The SMILES string of the molecule is Cc1ncsc1C(=O)N1CCC(N2CCC(N)CC2)C1. The summed E-state index contributed by atoms with van der Waals surface area (Å²) < 4.78 is 0. The molecule has 1 atom stereocenters. The highest BCUT2D eigenvalue weighted by molar-refractivity contribution is 7.11. The van der Waals surface area contributed by atoms with Crippen molar-refractivity contribution in [2.45, 2.75) is 38.3 Å². The zero-order chi connectivity index (χ0) is 14.1. The van der Waals surface area contributed by atoms with Crippen molar-refractivity contribution < 1.29 is 4.79 Å². The van der Waals surface area contributed by atoms with Crippen molar-refractivity contribution in [2.24, 2.45) is 5.73 Å². The zero-order valence-electron chi connectivity index (χ0n) is 11.9. The van der Waals surface area contributed by atoms with E-state index in [0.717, 1.165) is 56.0 Å². The van der Waals surface area contributed by atoms with Gasteiger partial charge in [-0.05, 0) is 39.3 Å². The number of thiazole rings is 1. The number of aromatic nitrogens is 1. The normalized spacial score (nSPS) is 25.3. The van der Waals surface area contributed by atoms with Gasteiger partial charge in [0.1, 0.15) is 4.88 Å². The Morgan fingerprint density at radius 2 is 2.10 bits per heavy atom. The van der Waals surface area contributed by atoms with E-state index in [1.54, 1.807) is 5.51 Å². The molecule has 2 N–H and O–H groups in total. The van der Waals surface area contributed by atoms with Gasteiger partial charge in [-0.15, -0.1) is 11.3 Å². The van der Waals surface area contributed by atoms with E-state index in [-0.39, 0.29) is 5.91 Å². The lowest BCUT2D eigenvalue weighted by molar-refractivity contribution is 0.0773. The quantitative estimate of drug-likeness (QED) is 0.887. The highest BCUT2D eigenvalue weighted by atomic mass is 32.1. The van der Waals surface area contributed by atoms with Crippen molar-refractivity contribution in [3.8, 4) is 0 Å². The van der Waals surface area contributed by atoms with Crippen molar-refractivity contribution in [2.75, 3.05) is 26.2 Å². The molecule has 2 aliphatic heterocycles. The van der Waals surface area contributed by atoms with Gasteiger partial charge in [-0.2, -0.15) is 0 Å². The maximum Gasteiger partial charge on any atom is 0.265 e. The first-order valence-corrected chi connectivity index (χ1v) is 8.22. The van der Waals surface area contributed by atoms with Crippen LogP contribution in [0.25, 0.3) is 0 Å². The van der Waals surface area contributed by atoms with E-state index in [1.165, 1.54) is 11.3 Å². The van der Waals surface area contributed by atoms with E-state index in [0.29, 0.717) is 12.1 Å². The summed E-state index contributed by atoms with van der Waals surface area (Å²) >= 11 is 1.45. The largest absolute Gasteiger partial charge is 0.336 e. The number of aryl methyl sites for hydroxylation is 1. The van der Waals surface area contributed by atoms with Crippen LogP contribution < -0.4 is 5.73 Å². The number of amides is 1. The Bertz CT molecular complexity index is 481. The lowest BCUT2D eigenvalue weighted by atomic mass is 10.0. The van der Waals surface area contributed by atoms with Gasteiger partial charge in [0.15, 0.2) is 0 Å².